The Kier molecular flexibility index (Phi) is 13.2. The van der Waals surface area contributed by atoms with Crippen LogP contribution in [0.25, 0.3) is 0 Å². The highest BCUT2D eigenvalue weighted by Crippen LogP contribution is 2.23. The molecule has 6 amide bonds. The van der Waals surface area contributed by atoms with Crippen LogP contribution in [0.1, 0.15) is 49.9 Å². The van der Waals surface area contributed by atoms with Gasteiger partial charge in [0.15, 0.2) is 6.61 Å². The number of carbonyl (C=O) groups excluding carboxylic acids is 5. The molecule has 0 aromatic heterocycles. The zero-order chi connectivity index (χ0) is 23.8. The molecule has 0 fully saturated rings. The van der Waals surface area contributed by atoms with Crippen molar-refractivity contribution in [2.45, 2.75) is 44.4 Å². The third kappa shape index (κ3) is 11.3. The molecule has 0 aliphatic rings. The van der Waals surface area contributed by atoms with Gasteiger partial charge < -0.3 is 15.4 Å². The van der Waals surface area contributed by atoms with E-state index in [0.29, 0.717) is 18.0 Å². The first-order valence-corrected chi connectivity index (χ1v) is 11.4. The minimum atomic E-state index is -0.771. The van der Waals surface area contributed by atoms with Gasteiger partial charge in [-0.3, -0.25) is 20.2 Å². The SMILES string of the molecule is CCCCNC(=O)NC(=O)COC(=O)c1ccccc1SCC(=O)NC(=O)NCCCC. The highest BCUT2D eigenvalue weighted by atomic mass is 32.2. The average Bonchev–Trinajstić information content (AvgIpc) is 2.76. The lowest BCUT2D eigenvalue weighted by atomic mass is 10.2. The number of urea groups is 2. The number of nitrogens with one attached hydrogen (secondary N) is 4. The van der Waals surface area contributed by atoms with Crippen LogP contribution in [0, 0.1) is 0 Å². The summed E-state index contributed by atoms with van der Waals surface area (Å²) in [6.45, 7) is 4.25. The summed E-state index contributed by atoms with van der Waals surface area (Å²) in [5, 5.41) is 9.39. The van der Waals surface area contributed by atoms with E-state index in [9.17, 15) is 24.0 Å². The van der Waals surface area contributed by atoms with E-state index in [1.807, 2.05) is 13.8 Å². The largest absolute Gasteiger partial charge is 0.452 e. The van der Waals surface area contributed by atoms with E-state index < -0.39 is 36.5 Å². The number of rotatable bonds is 12. The molecule has 0 heterocycles. The lowest BCUT2D eigenvalue weighted by molar-refractivity contribution is -0.123. The van der Waals surface area contributed by atoms with Crippen LogP contribution in [0.5, 0.6) is 0 Å². The molecule has 1 aromatic carbocycles. The van der Waals surface area contributed by atoms with Gasteiger partial charge in [0.2, 0.25) is 5.91 Å². The Morgan fingerprint density at radius 2 is 1.41 bits per heavy atom. The van der Waals surface area contributed by atoms with Crippen molar-refractivity contribution in [3.05, 3.63) is 29.8 Å². The Bertz CT molecular complexity index is 802. The number of unbranched alkanes of at least 4 members (excludes halogenated alkanes) is 2. The highest BCUT2D eigenvalue weighted by Gasteiger charge is 2.17. The van der Waals surface area contributed by atoms with Crippen molar-refractivity contribution >= 4 is 41.6 Å². The van der Waals surface area contributed by atoms with Gasteiger partial charge in [0.25, 0.3) is 5.91 Å². The van der Waals surface area contributed by atoms with Gasteiger partial charge in [0, 0.05) is 18.0 Å². The summed E-state index contributed by atoms with van der Waals surface area (Å²) in [5.74, 6) is -2.14. The van der Waals surface area contributed by atoms with Crippen molar-refractivity contribution in [2.75, 3.05) is 25.4 Å². The van der Waals surface area contributed by atoms with Gasteiger partial charge in [0.05, 0.1) is 11.3 Å². The molecule has 10 nitrogen and oxygen atoms in total. The number of esters is 1. The summed E-state index contributed by atoms with van der Waals surface area (Å²) in [6, 6.07) is 5.19. The van der Waals surface area contributed by atoms with Crippen LogP contribution >= 0.6 is 11.8 Å². The van der Waals surface area contributed by atoms with Gasteiger partial charge in [-0.05, 0) is 25.0 Å². The zero-order valence-electron chi connectivity index (χ0n) is 18.3. The zero-order valence-corrected chi connectivity index (χ0v) is 19.1. The summed E-state index contributed by atoms with van der Waals surface area (Å²) in [6.07, 6.45) is 3.42. The second kappa shape index (κ2) is 15.7. The number of hydrogen-bond donors (Lipinski definition) is 4. The Morgan fingerprint density at radius 3 is 2.00 bits per heavy atom. The summed E-state index contributed by atoms with van der Waals surface area (Å²) in [4.78, 5) is 59.7. The Labute approximate surface area is 191 Å². The average molecular weight is 467 g/mol. The first-order valence-electron chi connectivity index (χ1n) is 10.4. The topological polar surface area (TPSA) is 143 Å². The van der Waals surface area contributed by atoms with Crippen molar-refractivity contribution in [2.24, 2.45) is 0 Å². The molecule has 176 valence electrons. The predicted molar refractivity (Wildman–Crippen MR) is 120 cm³/mol. The molecular formula is C21H30N4O6S. The van der Waals surface area contributed by atoms with Crippen LogP contribution in [0.4, 0.5) is 9.59 Å². The van der Waals surface area contributed by atoms with E-state index in [-0.39, 0.29) is 11.3 Å². The van der Waals surface area contributed by atoms with Crippen LogP contribution in [-0.2, 0) is 14.3 Å². The summed E-state index contributed by atoms with van der Waals surface area (Å²) in [5.41, 5.74) is 0.165. The van der Waals surface area contributed by atoms with E-state index in [2.05, 4.69) is 21.3 Å². The van der Waals surface area contributed by atoms with Crippen molar-refractivity contribution in [1.29, 1.82) is 0 Å². The summed E-state index contributed by atoms with van der Waals surface area (Å²) >= 11 is 1.05. The van der Waals surface area contributed by atoms with E-state index in [0.717, 1.165) is 37.4 Å². The minimum Gasteiger partial charge on any atom is -0.452 e. The van der Waals surface area contributed by atoms with Gasteiger partial charge in [-0.1, -0.05) is 38.8 Å². The van der Waals surface area contributed by atoms with Gasteiger partial charge >= 0.3 is 18.0 Å². The molecule has 32 heavy (non-hydrogen) atoms. The number of carbonyl (C=O) groups is 5. The molecular weight excluding hydrogens is 436 g/mol. The van der Waals surface area contributed by atoms with Crippen LogP contribution in [-0.4, -0.2) is 55.3 Å². The Balaban J connectivity index is 2.49. The van der Waals surface area contributed by atoms with E-state index in [1.54, 1.807) is 18.2 Å². The van der Waals surface area contributed by atoms with Crippen LogP contribution in [0.15, 0.2) is 29.2 Å². The molecule has 0 aliphatic heterocycles. The summed E-state index contributed by atoms with van der Waals surface area (Å²) < 4.78 is 4.97. The fraction of sp³-hybridized carbons (Fsp3) is 0.476. The predicted octanol–water partition coefficient (Wildman–Crippen LogP) is 2.19. The number of thioether (sulfide) groups is 1. The monoisotopic (exact) mass is 466 g/mol. The van der Waals surface area contributed by atoms with Crippen molar-refractivity contribution < 1.29 is 28.7 Å². The van der Waals surface area contributed by atoms with Gasteiger partial charge in [-0.15, -0.1) is 11.8 Å². The first-order chi connectivity index (χ1) is 15.4. The molecule has 0 unspecified atom stereocenters. The molecule has 0 saturated carbocycles. The van der Waals surface area contributed by atoms with Crippen molar-refractivity contribution in [3.63, 3.8) is 0 Å². The molecule has 0 spiro atoms. The van der Waals surface area contributed by atoms with Crippen molar-refractivity contribution in [3.8, 4) is 0 Å². The van der Waals surface area contributed by atoms with Crippen LogP contribution in [0.2, 0.25) is 0 Å². The lowest BCUT2D eigenvalue weighted by Gasteiger charge is -2.10. The first kappa shape index (κ1) is 27.0. The smallest absolute Gasteiger partial charge is 0.339 e. The normalized spacial score (nSPS) is 10.1. The van der Waals surface area contributed by atoms with E-state index in [1.165, 1.54) is 6.07 Å². The second-order valence-corrected chi connectivity index (χ2v) is 7.69. The molecule has 1 aromatic rings. The molecule has 0 bridgehead atoms. The molecule has 0 saturated heterocycles. The van der Waals surface area contributed by atoms with Crippen LogP contribution in [0.3, 0.4) is 0 Å². The molecule has 4 N–H and O–H groups in total. The quantitative estimate of drug-likeness (QED) is 0.210. The highest BCUT2D eigenvalue weighted by molar-refractivity contribution is 8.00. The molecule has 0 radical (unpaired) electrons. The maximum absolute atomic E-state index is 12.4. The number of amides is 6. The van der Waals surface area contributed by atoms with Crippen molar-refractivity contribution in [1.82, 2.24) is 21.3 Å². The molecule has 0 atom stereocenters. The standard InChI is InChI=1S/C21H30N4O6S/c1-3-5-11-22-20(29)24-17(26)13-31-19(28)15-9-7-8-10-16(15)32-14-18(27)25-21(30)23-12-6-4-2/h7-10H,3-6,11-14H2,1-2H3,(H2,22,24,26,29)(H2,23,25,27,30). The Morgan fingerprint density at radius 1 is 0.844 bits per heavy atom. The lowest BCUT2D eigenvalue weighted by Crippen LogP contribution is -2.41. The van der Waals surface area contributed by atoms with E-state index in [4.69, 9.17) is 4.74 Å². The fourth-order valence-corrected chi connectivity index (χ4v) is 3.12. The number of ether oxygens (including phenoxy) is 1. The van der Waals surface area contributed by atoms with E-state index >= 15 is 0 Å². The third-order valence-corrected chi connectivity index (χ3v) is 5.01. The summed E-state index contributed by atoms with van der Waals surface area (Å²) in [7, 11) is 0. The third-order valence-electron chi connectivity index (χ3n) is 3.94. The van der Waals surface area contributed by atoms with Gasteiger partial charge in [-0.2, -0.15) is 0 Å². The molecule has 1 rings (SSSR count). The number of hydrogen-bond acceptors (Lipinski definition) is 7. The maximum Gasteiger partial charge on any atom is 0.339 e. The van der Waals surface area contributed by atoms with Crippen LogP contribution < -0.4 is 21.3 Å². The fourth-order valence-electron chi connectivity index (χ4n) is 2.28. The Hall–Kier alpha value is -3.08. The van der Waals surface area contributed by atoms with Gasteiger partial charge in [-0.25, -0.2) is 14.4 Å². The molecule has 11 heteroatoms. The minimum absolute atomic E-state index is 0.0933. The number of benzene rings is 1. The number of imide groups is 2. The van der Waals surface area contributed by atoms with Gasteiger partial charge in [0.1, 0.15) is 0 Å². The second-order valence-electron chi connectivity index (χ2n) is 6.68. The molecule has 0 aliphatic carbocycles. The maximum atomic E-state index is 12.4.